The summed E-state index contributed by atoms with van der Waals surface area (Å²) in [4.78, 5) is 11.2. The number of benzene rings is 2. The molecule has 2 aromatic rings. The van der Waals surface area contributed by atoms with E-state index in [1.165, 1.54) is 24.8 Å². The number of hydrogen-bond acceptors (Lipinski definition) is 1. The van der Waals surface area contributed by atoms with Gasteiger partial charge < -0.3 is 5.11 Å². The Morgan fingerprint density at radius 2 is 1.90 bits per heavy atom. The van der Waals surface area contributed by atoms with Gasteiger partial charge in [-0.25, -0.2) is 4.79 Å². The van der Waals surface area contributed by atoms with Crippen LogP contribution in [-0.4, -0.2) is 11.1 Å². The fraction of sp³-hybridized carbons (Fsp3) is 0.278. The molecule has 102 valence electrons. The van der Waals surface area contributed by atoms with Crippen molar-refractivity contribution >= 4 is 5.97 Å². The van der Waals surface area contributed by atoms with Crippen LogP contribution in [0.15, 0.2) is 42.5 Å². The highest BCUT2D eigenvalue weighted by Crippen LogP contribution is 2.37. The number of hydrogen-bond donors (Lipinski definition) is 1. The molecule has 3 rings (SSSR count). The quantitative estimate of drug-likeness (QED) is 0.879. The van der Waals surface area contributed by atoms with Crippen LogP contribution in [0.4, 0.5) is 0 Å². The lowest BCUT2D eigenvalue weighted by molar-refractivity contribution is 0.0697. The highest BCUT2D eigenvalue weighted by Gasteiger charge is 2.19. The van der Waals surface area contributed by atoms with E-state index in [4.69, 9.17) is 0 Å². The lowest BCUT2D eigenvalue weighted by Crippen LogP contribution is -2.08. The van der Waals surface area contributed by atoms with Crippen LogP contribution in [0, 0.1) is 6.92 Å². The van der Waals surface area contributed by atoms with E-state index < -0.39 is 5.97 Å². The Hall–Kier alpha value is -2.09. The van der Waals surface area contributed by atoms with Gasteiger partial charge in [0.15, 0.2) is 0 Å². The van der Waals surface area contributed by atoms with Crippen molar-refractivity contribution in [3.8, 4) is 11.1 Å². The molecular formula is C18H18O2. The number of rotatable bonds is 3. The lowest BCUT2D eigenvalue weighted by Gasteiger charge is -2.26. The fourth-order valence-electron chi connectivity index (χ4n) is 2.79. The zero-order valence-corrected chi connectivity index (χ0v) is 11.6. The summed E-state index contributed by atoms with van der Waals surface area (Å²) in [6.45, 7) is 1.94. The van der Waals surface area contributed by atoms with Crippen molar-refractivity contribution in [1.29, 1.82) is 0 Å². The fourth-order valence-corrected chi connectivity index (χ4v) is 2.79. The average molecular weight is 266 g/mol. The third kappa shape index (κ3) is 2.46. The topological polar surface area (TPSA) is 37.3 Å². The second-order valence-corrected chi connectivity index (χ2v) is 5.65. The summed E-state index contributed by atoms with van der Waals surface area (Å²) in [5.41, 5.74) is 4.82. The molecule has 20 heavy (non-hydrogen) atoms. The van der Waals surface area contributed by atoms with E-state index in [2.05, 4.69) is 24.3 Å². The van der Waals surface area contributed by atoms with Crippen molar-refractivity contribution in [2.75, 3.05) is 0 Å². The van der Waals surface area contributed by atoms with Crippen molar-refractivity contribution in [1.82, 2.24) is 0 Å². The molecule has 2 heteroatoms. The number of carbonyl (C=O) groups is 1. The first kappa shape index (κ1) is 12.9. The minimum Gasteiger partial charge on any atom is -0.478 e. The van der Waals surface area contributed by atoms with Crippen LogP contribution in [0.1, 0.15) is 46.7 Å². The molecule has 1 aliphatic carbocycles. The summed E-state index contributed by atoms with van der Waals surface area (Å²) < 4.78 is 0. The smallest absolute Gasteiger partial charge is 0.335 e. The second-order valence-electron chi connectivity index (χ2n) is 5.65. The van der Waals surface area contributed by atoms with Crippen LogP contribution in [0.25, 0.3) is 11.1 Å². The average Bonchev–Trinajstić information content (AvgIpc) is 2.36. The van der Waals surface area contributed by atoms with Gasteiger partial charge in [-0.05, 0) is 60.1 Å². The Kier molecular flexibility index (Phi) is 3.31. The van der Waals surface area contributed by atoms with Gasteiger partial charge in [-0.2, -0.15) is 0 Å². The van der Waals surface area contributed by atoms with E-state index in [1.807, 2.05) is 13.0 Å². The Balaban J connectivity index is 2.01. The molecule has 0 amide bonds. The van der Waals surface area contributed by atoms with Crippen molar-refractivity contribution in [2.45, 2.75) is 32.1 Å². The van der Waals surface area contributed by atoms with Gasteiger partial charge in [0.25, 0.3) is 0 Å². The van der Waals surface area contributed by atoms with Gasteiger partial charge in [-0.15, -0.1) is 0 Å². The Morgan fingerprint density at radius 3 is 2.55 bits per heavy atom. The molecule has 0 heterocycles. The van der Waals surface area contributed by atoms with Crippen LogP contribution in [-0.2, 0) is 0 Å². The summed E-state index contributed by atoms with van der Waals surface area (Å²) in [5.74, 6) is -0.177. The minimum absolute atomic E-state index is 0.356. The molecule has 0 aromatic heterocycles. The van der Waals surface area contributed by atoms with E-state index in [0.717, 1.165) is 16.7 Å². The Labute approximate surface area is 119 Å². The summed E-state index contributed by atoms with van der Waals surface area (Å²) in [5, 5.41) is 9.17. The molecule has 1 fully saturated rings. The van der Waals surface area contributed by atoms with Gasteiger partial charge in [0, 0.05) is 0 Å². The van der Waals surface area contributed by atoms with Crippen LogP contribution in [0.3, 0.4) is 0 Å². The number of carboxylic acids is 1. The molecular weight excluding hydrogens is 248 g/mol. The maximum Gasteiger partial charge on any atom is 0.335 e. The highest BCUT2D eigenvalue weighted by atomic mass is 16.4. The maximum absolute atomic E-state index is 11.2. The SMILES string of the molecule is Cc1cc(C(=O)O)cc(-c2cccc(C3CCC3)c2)c1. The molecule has 1 N–H and O–H groups in total. The minimum atomic E-state index is -0.870. The van der Waals surface area contributed by atoms with Crippen molar-refractivity contribution in [3.05, 3.63) is 59.2 Å². The predicted molar refractivity (Wildman–Crippen MR) is 80.2 cm³/mol. The molecule has 2 aromatic carbocycles. The molecule has 1 saturated carbocycles. The van der Waals surface area contributed by atoms with Gasteiger partial charge in [0.2, 0.25) is 0 Å². The van der Waals surface area contributed by atoms with E-state index >= 15 is 0 Å². The number of aryl methyl sites for hydroxylation is 1. The second kappa shape index (κ2) is 5.12. The van der Waals surface area contributed by atoms with Crippen LogP contribution in [0.5, 0.6) is 0 Å². The van der Waals surface area contributed by atoms with E-state index in [-0.39, 0.29) is 0 Å². The van der Waals surface area contributed by atoms with E-state index in [0.29, 0.717) is 11.5 Å². The predicted octanol–water partition coefficient (Wildman–Crippen LogP) is 4.63. The summed E-state index contributed by atoms with van der Waals surface area (Å²) in [6.07, 6.45) is 3.87. The first-order chi connectivity index (χ1) is 9.63. The van der Waals surface area contributed by atoms with Crippen LogP contribution >= 0.6 is 0 Å². The first-order valence-electron chi connectivity index (χ1n) is 7.09. The monoisotopic (exact) mass is 266 g/mol. The van der Waals surface area contributed by atoms with E-state index in [9.17, 15) is 9.90 Å². The highest BCUT2D eigenvalue weighted by molar-refractivity contribution is 5.89. The van der Waals surface area contributed by atoms with Gasteiger partial charge in [0.05, 0.1) is 5.56 Å². The van der Waals surface area contributed by atoms with Crippen molar-refractivity contribution in [3.63, 3.8) is 0 Å². The number of aromatic carboxylic acids is 1. The van der Waals surface area contributed by atoms with Crippen LogP contribution in [0.2, 0.25) is 0 Å². The molecule has 0 unspecified atom stereocenters. The largest absolute Gasteiger partial charge is 0.478 e. The molecule has 0 bridgehead atoms. The Bertz CT molecular complexity index is 654. The molecule has 0 saturated heterocycles. The van der Waals surface area contributed by atoms with E-state index in [1.54, 1.807) is 12.1 Å². The summed E-state index contributed by atoms with van der Waals surface area (Å²) >= 11 is 0. The van der Waals surface area contributed by atoms with Crippen LogP contribution < -0.4 is 0 Å². The molecule has 1 aliphatic rings. The summed E-state index contributed by atoms with van der Waals surface area (Å²) in [6, 6.07) is 14.0. The van der Waals surface area contributed by atoms with Crippen molar-refractivity contribution < 1.29 is 9.90 Å². The summed E-state index contributed by atoms with van der Waals surface area (Å²) in [7, 11) is 0. The standard InChI is InChI=1S/C18H18O2/c1-12-8-16(11-17(9-12)18(19)20)15-7-3-6-14(10-15)13-4-2-5-13/h3,6-11,13H,2,4-5H2,1H3,(H,19,20). The van der Waals surface area contributed by atoms with Gasteiger partial charge >= 0.3 is 5.97 Å². The van der Waals surface area contributed by atoms with Crippen molar-refractivity contribution in [2.24, 2.45) is 0 Å². The molecule has 2 nitrogen and oxygen atoms in total. The Morgan fingerprint density at radius 1 is 1.10 bits per heavy atom. The third-order valence-corrected chi connectivity index (χ3v) is 4.12. The van der Waals surface area contributed by atoms with Gasteiger partial charge in [0.1, 0.15) is 0 Å². The normalized spacial score (nSPS) is 14.8. The maximum atomic E-state index is 11.2. The zero-order valence-electron chi connectivity index (χ0n) is 11.6. The third-order valence-electron chi connectivity index (χ3n) is 4.12. The molecule has 0 spiro atoms. The molecule has 0 atom stereocenters. The number of carboxylic acid groups (broad SMARTS) is 1. The zero-order chi connectivity index (χ0) is 14.1. The first-order valence-corrected chi connectivity index (χ1v) is 7.09. The molecule has 0 aliphatic heterocycles. The van der Waals surface area contributed by atoms with Gasteiger partial charge in [-0.1, -0.05) is 36.8 Å². The van der Waals surface area contributed by atoms with Gasteiger partial charge in [-0.3, -0.25) is 0 Å². The lowest BCUT2D eigenvalue weighted by atomic mass is 9.79. The molecule has 0 radical (unpaired) electrons.